The SMILES string of the molecule is BrCc1c(Br)c(Br)c(Br)c(Br)c1Br.C.C.C.C.C.CC.CCOCc1c(Br)c(Br)c(Br)c(Br)c1Br. The molecule has 12 heteroatoms. The molecule has 0 aliphatic rings. The molecular formula is C23H35Br11O. The van der Waals surface area contributed by atoms with Crippen LogP contribution in [0.1, 0.15) is 69.0 Å². The molecule has 0 saturated carbocycles. The number of ether oxygens (including phenoxy) is 1. The lowest BCUT2D eigenvalue weighted by Gasteiger charge is -2.13. The molecule has 0 N–H and O–H groups in total. The van der Waals surface area contributed by atoms with Crippen molar-refractivity contribution >= 4 is 175 Å². The van der Waals surface area contributed by atoms with Gasteiger partial charge in [-0.25, -0.2) is 0 Å². The zero-order valence-corrected chi connectivity index (χ0v) is 33.1. The Labute approximate surface area is 307 Å². The minimum atomic E-state index is 0. The van der Waals surface area contributed by atoms with E-state index >= 15 is 0 Å². The van der Waals surface area contributed by atoms with E-state index in [-0.39, 0.29) is 37.1 Å². The number of rotatable bonds is 4. The molecule has 35 heavy (non-hydrogen) atoms. The van der Waals surface area contributed by atoms with Gasteiger partial charge in [-0.1, -0.05) is 66.9 Å². The number of benzene rings is 2. The van der Waals surface area contributed by atoms with Gasteiger partial charge in [0, 0.05) is 62.2 Å². The normalized spacial score (nSPS) is 8.74. The van der Waals surface area contributed by atoms with Gasteiger partial charge in [-0.2, -0.15) is 0 Å². The van der Waals surface area contributed by atoms with Crippen LogP contribution in [0.4, 0.5) is 0 Å². The van der Waals surface area contributed by atoms with E-state index in [0.717, 1.165) is 55.6 Å². The van der Waals surface area contributed by atoms with E-state index in [9.17, 15) is 0 Å². The minimum absolute atomic E-state index is 0. The van der Waals surface area contributed by atoms with Crippen molar-refractivity contribution in [2.24, 2.45) is 0 Å². The van der Waals surface area contributed by atoms with Crippen LogP contribution in [-0.2, 0) is 16.7 Å². The highest BCUT2D eigenvalue weighted by atomic mass is 79.9. The topological polar surface area (TPSA) is 9.23 Å². The first-order valence-electron chi connectivity index (χ1n) is 8.15. The Bertz CT molecular complexity index is 814. The molecule has 0 heterocycles. The van der Waals surface area contributed by atoms with Crippen molar-refractivity contribution < 1.29 is 4.74 Å². The second-order valence-corrected chi connectivity index (χ2v) is 13.4. The zero-order valence-electron chi connectivity index (χ0n) is 15.7. The summed E-state index contributed by atoms with van der Waals surface area (Å²) in [6.07, 6.45) is 0. The molecule has 2 aromatic carbocycles. The molecule has 0 spiro atoms. The number of hydrogen-bond acceptors (Lipinski definition) is 1. The maximum atomic E-state index is 5.41. The van der Waals surface area contributed by atoms with E-state index in [0.29, 0.717) is 13.2 Å². The minimum Gasteiger partial charge on any atom is -0.377 e. The molecule has 1 nitrogen and oxygen atoms in total. The highest BCUT2D eigenvalue weighted by molar-refractivity contribution is 9.16. The third-order valence-electron chi connectivity index (χ3n) is 3.19. The molecule has 0 atom stereocenters. The Hall–Kier alpha value is 3.68. The largest absolute Gasteiger partial charge is 0.377 e. The molecule has 0 unspecified atom stereocenters. The molecule has 0 radical (unpaired) electrons. The average molecular weight is 1210 g/mol. The number of alkyl halides is 1. The predicted octanol–water partition coefficient (Wildman–Crippen LogP) is 16.6. The Morgan fingerprint density at radius 1 is 0.457 bits per heavy atom. The van der Waals surface area contributed by atoms with Gasteiger partial charge >= 0.3 is 0 Å². The molecule has 0 fully saturated rings. The second-order valence-electron chi connectivity index (χ2n) is 4.87. The fraction of sp³-hybridized carbons (Fsp3) is 0.478. The van der Waals surface area contributed by atoms with Crippen LogP contribution in [0, 0.1) is 0 Å². The van der Waals surface area contributed by atoms with Crippen LogP contribution < -0.4 is 0 Å². The molecule has 0 aliphatic heterocycles. The smallest absolute Gasteiger partial charge is 0.0739 e. The zero-order chi connectivity index (χ0) is 23.8. The summed E-state index contributed by atoms with van der Waals surface area (Å²) in [6, 6.07) is 0. The van der Waals surface area contributed by atoms with Crippen LogP contribution in [-0.4, -0.2) is 6.61 Å². The lowest BCUT2D eigenvalue weighted by molar-refractivity contribution is 0.133. The molecule has 0 aromatic heterocycles. The van der Waals surface area contributed by atoms with E-state index in [2.05, 4.69) is 175 Å². The van der Waals surface area contributed by atoms with Crippen LogP contribution in [0.15, 0.2) is 44.7 Å². The maximum Gasteiger partial charge on any atom is 0.0739 e. The summed E-state index contributed by atoms with van der Waals surface area (Å²) in [5, 5.41) is 0.790. The van der Waals surface area contributed by atoms with Crippen LogP contribution in [0.25, 0.3) is 0 Å². The number of hydrogen-bond donors (Lipinski definition) is 0. The monoisotopic (exact) mass is 1200 g/mol. The molecule has 0 aliphatic carbocycles. The fourth-order valence-corrected chi connectivity index (χ4v) is 9.83. The van der Waals surface area contributed by atoms with Gasteiger partial charge in [0.05, 0.1) is 6.61 Å². The van der Waals surface area contributed by atoms with Crippen molar-refractivity contribution in [3.05, 3.63) is 55.9 Å². The predicted molar refractivity (Wildman–Crippen MR) is 203 cm³/mol. The van der Waals surface area contributed by atoms with Gasteiger partial charge in [-0.3, -0.25) is 0 Å². The van der Waals surface area contributed by atoms with Crippen molar-refractivity contribution in [1.29, 1.82) is 0 Å². The third kappa shape index (κ3) is 14.4. The van der Waals surface area contributed by atoms with Gasteiger partial charge < -0.3 is 4.74 Å². The summed E-state index contributed by atoms with van der Waals surface area (Å²) in [4.78, 5) is 0. The summed E-state index contributed by atoms with van der Waals surface area (Å²) in [5.41, 5.74) is 2.25. The van der Waals surface area contributed by atoms with Crippen LogP contribution >= 0.6 is 175 Å². The molecule has 0 saturated heterocycles. The van der Waals surface area contributed by atoms with Crippen LogP contribution in [0.3, 0.4) is 0 Å². The molecule has 210 valence electrons. The maximum absolute atomic E-state index is 5.41. The third-order valence-corrected chi connectivity index (χ3v) is 16.3. The van der Waals surface area contributed by atoms with E-state index < -0.39 is 0 Å². The van der Waals surface area contributed by atoms with Gasteiger partial charge in [0.1, 0.15) is 0 Å². The van der Waals surface area contributed by atoms with Gasteiger partial charge in [0.25, 0.3) is 0 Å². The molecule has 2 rings (SSSR count). The van der Waals surface area contributed by atoms with Crippen LogP contribution in [0.2, 0.25) is 0 Å². The van der Waals surface area contributed by atoms with E-state index in [4.69, 9.17) is 4.74 Å². The summed E-state index contributed by atoms with van der Waals surface area (Å²) < 4.78 is 15.5. The molecule has 2 aromatic rings. The van der Waals surface area contributed by atoms with Gasteiger partial charge in [-0.05, 0) is 172 Å². The summed E-state index contributed by atoms with van der Waals surface area (Å²) in [5.74, 6) is 0. The first kappa shape index (κ1) is 51.4. The molecule has 0 bridgehead atoms. The van der Waals surface area contributed by atoms with Crippen molar-refractivity contribution in [2.45, 2.75) is 69.8 Å². The van der Waals surface area contributed by atoms with E-state index in [1.165, 1.54) is 5.56 Å². The number of halogens is 11. The quantitative estimate of drug-likeness (QED) is 0.168. The molecule has 0 amide bonds. The lowest BCUT2D eigenvalue weighted by atomic mass is 10.2. The summed E-state index contributed by atoms with van der Waals surface area (Å²) in [7, 11) is 0. The van der Waals surface area contributed by atoms with Gasteiger partial charge in [0.2, 0.25) is 0 Å². The highest BCUT2D eigenvalue weighted by Crippen LogP contribution is 2.46. The summed E-state index contributed by atoms with van der Waals surface area (Å²) >= 11 is 38.5. The van der Waals surface area contributed by atoms with E-state index in [1.54, 1.807) is 0 Å². The first-order chi connectivity index (χ1) is 14.0. The highest BCUT2D eigenvalue weighted by Gasteiger charge is 2.17. The first-order valence-corrected chi connectivity index (χ1v) is 17.2. The Balaban J connectivity index is -0.0000000994. The van der Waals surface area contributed by atoms with Crippen molar-refractivity contribution in [1.82, 2.24) is 0 Å². The second kappa shape index (κ2) is 26.6. The van der Waals surface area contributed by atoms with Crippen molar-refractivity contribution in [3.63, 3.8) is 0 Å². The van der Waals surface area contributed by atoms with Gasteiger partial charge in [0.15, 0.2) is 0 Å². The Morgan fingerprint density at radius 2 is 0.686 bits per heavy atom. The van der Waals surface area contributed by atoms with Crippen molar-refractivity contribution in [2.75, 3.05) is 6.61 Å². The standard InChI is InChI=1S/C9H7Br5O.C7H2Br6.C2H6.5CH4/c1-2-15-3-4-5(10)7(12)9(14)8(13)6(4)11;8-1-2-3(9)5(11)7(13)6(12)4(2)10;1-2;;;;;/h2-3H2,1H3;1H2;1-2H3;5*1H4. The lowest BCUT2D eigenvalue weighted by Crippen LogP contribution is -1.96. The Morgan fingerprint density at radius 3 is 0.914 bits per heavy atom. The fourth-order valence-electron chi connectivity index (χ4n) is 1.75. The molecular weight excluding hydrogens is 1170 g/mol. The Kier molecular flexibility index (Phi) is 39.0. The van der Waals surface area contributed by atoms with Crippen molar-refractivity contribution in [3.8, 4) is 0 Å². The van der Waals surface area contributed by atoms with Gasteiger partial charge in [-0.15, -0.1) is 0 Å². The average Bonchev–Trinajstić information content (AvgIpc) is 2.76. The van der Waals surface area contributed by atoms with Crippen LogP contribution in [0.5, 0.6) is 0 Å². The summed E-state index contributed by atoms with van der Waals surface area (Å²) in [6.45, 7) is 7.25. The van der Waals surface area contributed by atoms with E-state index in [1.807, 2.05) is 20.8 Å².